The summed E-state index contributed by atoms with van der Waals surface area (Å²) in [5.74, 6) is -3.42. The minimum Gasteiger partial charge on any atom is -0.503 e. The molecule has 2 aromatic heterocycles. The number of imidazole rings is 2. The van der Waals surface area contributed by atoms with Crippen molar-refractivity contribution in [1.82, 2.24) is 19.5 Å². The monoisotopic (exact) mass is 397 g/mol. The summed E-state index contributed by atoms with van der Waals surface area (Å²) >= 11 is 0. The van der Waals surface area contributed by atoms with Crippen LogP contribution in [0.1, 0.15) is 11.1 Å². The number of aromatic nitrogens is 4. The van der Waals surface area contributed by atoms with Crippen LogP contribution in [0, 0.1) is 16.5 Å². The van der Waals surface area contributed by atoms with Gasteiger partial charge in [0.05, 0.1) is 23.9 Å². The van der Waals surface area contributed by atoms with Crippen LogP contribution in [0.15, 0.2) is 46.6 Å². The zero-order chi connectivity index (χ0) is 20.5. The highest BCUT2D eigenvalue weighted by molar-refractivity contribution is 5.78. The minimum absolute atomic E-state index is 0.0152. The third kappa shape index (κ3) is 3.31. The van der Waals surface area contributed by atoms with Gasteiger partial charge in [-0.25, -0.2) is 13.8 Å². The summed E-state index contributed by atoms with van der Waals surface area (Å²) in [6.07, 6.45) is 3.67. The number of nitroso groups, excluding NO2 is 1. The number of hydrogen-bond acceptors (Lipinski definition) is 5. The quantitative estimate of drug-likeness (QED) is 0.452. The summed E-state index contributed by atoms with van der Waals surface area (Å²) in [4.78, 5) is 33.5. The van der Waals surface area contributed by atoms with Gasteiger partial charge in [-0.1, -0.05) is 12.1 Å². The zero-order valence-electron chi connectivity index (χ0n) is 14.7. The first-order chi connectivity index (χ1) is 14.0. The first-order valence-corrected chi connectivity index (χ1v) is 8.40. The third-order valence-electron chi connectivity index (χ3n) is 4.42. The van der Waals surface area contributed by atoms with Gasteiger partial charge in [0.15, 0.2) is 17.4 Å². The van der Waals surface area contributed by atoms with Crippen molar-refractivity contribution in [2.45, 2.75) is 6.54 Å². The Bertz CT molecular complexity index is 1390. The SMILES string of the molecule is O=N/C=c1\[nH]/c(=C\c2cc(F)c(O)c(F)c2)c(=O)n1Cc1cccc2[nH]cnc12. The van der Waals surface area contributed by atoms with Gasteiger partial charge in [0.1, 0.15) is 17.0 Å². The maximum Gasteiger partial charge on any atom is 0.276 e. The molecule has 0 radical (unpaired) electrons. The lowest BCUT2D eigenvalue weighted by molar-refractivity contribution is 0.396. The normalized spacial score (nSPS) is 12.8. The van der Waals surface area contributed by atoms with E-state index in [0.29, 0.717) is 5.52 Å². The molecule has 4 rings (SSSR count). The van der Waals surface area contributed by atoms with Crippen LogP contribution in [0.25, 0.3) is 23.3 Å². The average molecular weight is 397 g/mol. The Balaban J connectivity index is 1.87. The molecule has 29 heavy (non-hydrogen) atoms. The second-order valence-electron chi connectivity index (χ2n) is 6.24. The number of halogens is 2. The van der Waals surface area contributed by atoms with Gasteiger partial charge in [0, 0.05) is 0 Å². The number of phenolic OH excluding ortho intramolecular Hbond substituents is 1. The number of H-pyrrole nitrogens is 2. The Morgan fingerprint density at radius 3 is 2.72 bits per heavy atom. The van der Waals surface area contributed by atoms with E-state index < -0.39 is 22.9 Å². The number of rotatable bonds is 4. The molecule has 8 nitrogen and oxygen atoms in total. The van der Waals surface area contributed by atoms with Crippen molar-refractivity contribution >= 4 is 23.3 Å². The van der Waals surface area contributed by atoms with Crippen LogP contribution in [0.5, 0.6) is 5.75 Å². The lowest BCUT2D eigenvalue weighted by atomic mass is 10.2. The van der Waals surface area contributed by atoms with Crippen LogP contribution in [0.4, 0.5) is 8.78 Å². The van der Waals surface area contributed by atoms with Crippen molar-refractivity contribution in [3.05, 3.63) is 85.5 Å². The smallest absolute Gasteiger partial charge is 0.276 e. The molecule has 2 aromatic carbocycles. The van der Waals surface area contributed by atoms with E-state index in [1.54, 1.807) is 12.1 Å². The number of aromatic hydroxyl groups is 1. The van der Waals surface area contributed by atoms with Crippen LogP contribution < -0.4 is 16.4 Å². The maximum atomic E-state index is 13.6. The van der Waals surface area contributed by atoms with Gasteiger partial charge in [0.2, 0.25) is 0 Å². The van der Waals surface area contributed by atoms with Crippen LogP contribution >= 0.6 is 0 Å². The summed E-state index contributed by atoms with van der Waals surface area (Å²) < 4.78 is 28.4. The number of fused-ring (bicyclic) bond motifs is 1. The molecule has 0 atom stereocenters. The fraction of sp³-hybridized carbons (Fsp3) is 0.0526. The highest BCUT2D eigenvalue weighted by atomic mass is 19.1. The average Bonchev–Trinajstić information content (AvgIpc) is 3.28. The lowest BCUT2D eigenvalue weighted by Crippen LogP contribution is -2.31. The molecule has 0 aliphatic carbocycles. The van der Waals surface area contributed by atoms with Gasteiger partial charge in [-0.2, -0.15) is 0 Å². The summed E-state index contributed by atoms with van der Waals surface area (Å²) in [5, 5.41) is 11.9. The summed E-state index contributed by atoms with van der Waals surface area (Å²) in [6.45, 7) is 0.0883. The molecule has 0 aliphatic heterocycles. The molecule has 2 heterocycles. The number of para-hydroxylation sites is 1. The standard InChI is InChI=1S/C19H13F2N5O3/c20-12-4-10(5-13(21)18(12)27)6-15-19(28)26(16(25-15)7-24-29)8-11-2-1-3-14-17(11)23-9-22-14/h1-7,9,25,27H,8H2,(H,22,23)/b15-6-,16-7+. The number of aromatic amines is 2. The fourth-order valence-electron chi connectivity index (χ4n) is 3.08. The van der Waals surface area contributed by atoms with Crippen molar-refractivity contribution in [2.24, 2.45) is 5.18 Å². The molecular weight excluding hydrogens is 384 g/mol. The molecule has 0 saturated carbocycles. The molecule has 0 spiro atoms. The second kappa shape index (κ2) is 7.15. The topological polar surface area (TPSA) is 116 Å². The third-order valence-corrected chi connectivity index (χ3v) is 4.42. The van der Waals surface area contributed by atoms with E-state index in [9.17, 15) is 23.6 Å². The number of phenols is 1. The van der Waals surface area contributed by atoms with Gasteiger partial charge in [-0.3, -0.25) is 9.36 Å². The lowest BCUT2D eigenvalue weighted by Gasteiger charge is -2.03. The Labute approximate surface area is 160 Å². The first-order valence-electron chi connectivity index (χ1n) is 8.40. The first kappa shape index (κ1) is 18.3. The number of nitrogens with zero attached hydrogens (tertiary/aromatic N) is 3. The molecule has 10 heteroatoms. The van der Waals surface area contributed by atoms with Gasteiger partial charge < -0.3 is 15.1 Å². The molecule has 4 aromatic rings. The second-order valence-corrected chi connectivity index (χ2v) is 6.24. The number of hydrogen-bond donors (Lipinski definition) is 3. The van der Waals surface area contributed by atoms with Gasteiger partial charge in [0.25, 0.3) is 5.56 Å². The van der Waals surface area contributed by atoms with Gasteiger partial charge in [-0.15, -0.1) is 4.91 Å². The number of benzene rings is 2. The van der Waals surface area contributed by atoms with Crippen LogP contribution in [-0.2, 0) is 6.54 Å². The van der Waals surface area contributed by atoms with Gasteiger partial charge >= 0.3 is 0 Å². The molecule has 0 amide bonds. The Morgan fingerprint density at radius 2 is 2.00 bits per heavy atom. The van der Waals surface area contributed by atoms with E-state index in [1.807, 2.05) is 6.07 Å². The molecule has 0 aliphatic rings. The van der Waals surface area contributed by atoms with E-state index in [2.05, 4.69) is 20.1 Å². The van der Waals surface area contributed by atoms with E-state index in [0.717, 1.165) is 29.4 Å². The molecule has 146 valence electrons. The van der Waals surface area contributed by atoms with Crippen molar-refractivity contribution in [3.63, 3.8) is 0 Å². The molecule has 3 N–H and O–H groups in total. The number of nitrogens with one attached hydrogen (secondary N) is 2. The van der Waals surface area contributed by atoms with E-state index in [1.165, 1.54) is 17.0 Å². The highest BCUT2D eigenvalue weighted by Crippen LogP contribution is 2.21. The van der Waals surface area contributed by atoms with Crippen LogP contribution in [0.2, 0.25) is 0 Å². The maximum absolute atomic E-state index is 13.6. The predicted molar refractivity (Wildman–Crippen MR) is 101 cm³/mol. The van der Waals surface area contributed by atoms with E-state index in [-0.39, 0.29) is 22.9 Å². The molecular formula is C19H13F2N5O3. The zero-order valence-corrected chi connectivity index (χ0v) is 14.7. The van der Waals surface area contributed by atoms with Crippen molar-refractivity contribution < 1.29 is 13.9 Å². The fourth-order valence-corrected chi connectivity index (χ4v) is 3.08. The Morgan fingerprint density at radius 1 is 1.24 bits per heavy atom. The van der Waals surface area contributed by atoms with E-state index in [4.69, 9.17) is 0 Å². The Kier molecular flexibility index (Phi) is 4.51. The van der Waals surface area contributed by atoms with Crippen LogP contribution in [0.3, 0.4) is 0 Å². The van der Waals surface area contributed by atoms with Gasteiger partial charge in [-0.05, 0) is 40.6 Å². The predicted octanol–water partition coefficient (Wildman–Crippen LogP) is 1.42. The van der Waals surface area contributed by atoms with Crippen molar-refractivity contribution in [1.29, 1.82) is 0 Å². The molecule has 0 fully saturated rings. The highest BCUT2D eigenvalue weighted by Gasteiger charge is 2.11. The molecule has 0 bridgehead atoms. The van der Waals surface area contributed by atoms with Crippen molar-refractivity contribution in [3.8, 4) is 5.75 Å². The minimum atomic E-state index is -1.16. The summed E-state index contributed by atoms with van der Waals surface area (Å²) in [5.41, 5.74) is 1.78. The summed E-state index contributed by atoms with van der Waals surface area (Å²) in [7, 11) is 0. The Hall–Kier alpha value is -4.08. The van der Waals surface area contributed by atoms with Crippen LogP contribution in [-0.4, -0.2) is 24.6 Å². The van der Waals surface area contributed by atoms with E-state index >= 15 is 0 Å². The molecule has 0 unspecified atom stereocenters. The van der Waals surface area contributed by atoms with Crippen molar-refractivity contribution in [2.75, 3.05) is 0 Å². The molecule has 0 saturated heterocycles. The largest absolute Gasteiger partial charge is 0.503 e. The summed E-state index contributed by atoms with van der Waals surface area (Å²) in [6, 6.07) is 7.18.